The van der Waals surface area contributed by atoms with Gasteiger partial charge in [-0.2, -0.15) is 0 Å². The zero-order valence-electron chi connectivity index (χ0n) is 10.3. The summed E-state index contributed by atoms with van der Waals surface area (Å²) in [5, 5.41) is 13.9. The second kappa shape index (κ2) is 6.78. The summed E-state index contributed by atoms with van der Waals surface area (Å²) in [6.45, 7) is 0.602. The number of aliphatic hydroxyl groups is 1. The lowest BCUT2D eigenvalue weighted by Crippen LogP contribution is -2.21. The van der Waals surface area contributed by atoms with Crippen molar-refractivity contribution in [1.29, 1.82) is 0 Å². The summed E-state index contributed by atoms with van der Waals surface area (Å²) in [6.07, 6.45) is 5.88. The molecule has 4 heteroatoms. The highest BCUT2D eigenvalue weighted by atomic mass is 79.9. The van der Waals surface area contributed by atoms with Crippen LogP contribution in [-0.2, 0) is 0 Å². The quantitative estimate of drug-likeness (QED) is 0.834. The Hall–Kier alpha value is -0.250. The fourth-order valence-corrected chi connectivity index (χ4v) is 3.05. The Kier molecular flexibility index (Phi) is 5.34. The molecule has 100 valence electrons. The Morgan fingerprint density at radius 1 is 1.39 bits per heavy atom. The monoisotopic (exact) mass is 331 g/mol. The first kappa shape index (κ1) is 14.2. The van der Waals surface area contributed by atoms with Gasteiger partial charge in [-0.25, -0.2) is 0 Å². The molecule has 0 aliphatic heterocycles. The van der Waals surface area contributed by atoms with Gasteiger partial charge in [0, 0.05) is 16.7 Å². The molecule has 2 nitrogen and oxygen atoms in total. The maximum atomic E-state index is 9.99. The van der Waals surface area contributed by atoms with Gasteiger partial charge in [0.25, 0.3) is 0 Å². The molecule has 18 heavy (non-hydrogen) atoms. The molecule has 2 N–H and O–H groups in total. The van der Waals surface area contributed by atoms with Crippen LogP contribution in [0.5, 0.6) is 0 Å². The largest absolute Gasteiger partial charge is 0.391 e. The standard InChI is InChI=1S/C14H19BrClNO/c15-13-8-11(5-6-14(13)16)17-9-12(18)7-10-3-1-2-4-10/h5-6,8,10,12,17-18H,1-4,7,9H2. The minimum Gasteiger partial charge on any atom is -0.391 e. The minimum absolute atomic E-state index is 0.262. The molecule has 1 aliphatic rings. The normalized spacial score (nSPS) is 17.9. The van der Waals surface area contributed by atoms with E-state index >= 15 is 0 Å². The SMILES string of the molecule is OC(CNc1ccc(Cl)c(Br)c1)CC1CCCC1. The van der Waals surface area contributed by atoms with Gasteiger partial charge in [0.15, 0.2) is 0 Å². The molecule has 0 saturated heterocycles. The fourth-order valence-electron chi connectivity index (χ4n) is 2.56. The van der Waals surface area contributed by atoms with E-state index in [0.29, 0.717) is 11.6 Å². The van der Waals surface area contributed by atoms with Crippen molar-refractivity contribution in [2.75, 3.05) is 11.9 Å². The lowest BCUT2D eigenvalue weighted by Gasteiger charge is -2.16. The van der Waals surface area contributed by atoms with Gasteiger partial charge in [0.2, 0.25) is 0 Å². The van der Waals surface area contributed by atoms with Crippen molar-refractivity contribution in [1.82, 2.24) is 0 Å². The molecule has 1 aromatic carbocycles. The number of benzene rings is 1. The van der Waals surface area contributed by atoms with Crippen molar-refractivity contribution in [3.05, 3.63) is 27.7 Å². The summed E-state index contributed by atoms with van der Waals surface area (Å²) in [5.74, 6) is 0.721. The maximum absolute atomic E-state index is 9.99. The Morgan fingerprint density at radius 3 is 2.78 bits per heavy atom. The molecular formula is C14H19BrClNO. The first-order valence-corrected chi connectivity index (χ1v) is 7.69. The van der Waals surface area contributed by atoms with E-state index in [9.17, 15) is 5.11 Å². The minimum atomic E-state index is -0.262. The van der Waals surface area contributed by atoms with Crippen LogP contribution in [0, 0.1) is 5.92 Å². The van der Waals surface area contributed by atoms with Gasteiger partial charge in [-0.05, 0) is 46.5 Å². The van der Waals surface area contributed by atoms with E-state index < -0.39 is 0 Å². The van der Waals surface area contributed by atoms with Crippen LogP contribution in [0.3, 0.4) is 0 Å². The summed E-state index contributed by atoms with van der Waals surface area (Å²) in [6, 6.07) is 5.71. The maximum Gasteiger partial charge on any atom is 0.0715 e. The Bertz CT molecular complexity index is 393. The summed E-state index contributed by atoms with van der Waals surface area (Å²) in [5.41, 5.74) is 0.983. The van der Waals surface area contributed by atoms with Gasteiger partial charge >= 0.3 is 0 Å². The molecule has 0 bridgehead atoms. The van der Waals surface area contributed by atoms with Crippen molar-refractivity contribution in [3.63, 3.8) is 0 Å². The van der Waals surface area contributed by atoms with Crippen LogP contribution in [0.2, 0.25) is 5.02 Å². The first-order chi connectivity index (χ1) is 8.65. The van der Waals surface area contributed by atoms with E-state index in [4.69, 9.17) is 11.6 Å². The lowest BCUT2D eigenvalue weighted by molar-refractivity contribution is 0.155. The fraction of sp³-hybridized carbons (Fsp3) is 0.571. The van der Waals surface area contributed by atoms with Crippen molar-refractivity contribution < 1.29 is 5.11 Å². The molecule has 0 amide bonds. The molecule has 0 aromatic heterocycles. The Labute approximate surface area is 122 Å². The third-order valence-corrected chi connectivity index (χ3v) is 4.76. The van der Waals surface area contributed by atoms with Gasteiger partial charge in [0.05, 0.1) is 11.1 Å². The van der Waals surface area contributed by atoms with Gasteiger partial charge in [-0.1, -0.05) is 37.3 Å². The van der Waals surface area contributed by atoms with Crippen LogP contribution in [0.1, 0.15) is 32.1 Å². The third kappa shape index (κ3) is 4.15. The van der Waals surface area contributed by atoms with Gasteiger partial charge in [0.1, 0.15) is 0 Å². The van der Waals surface area contributed by atoms with E-state index in [-0.39, 0.29) is 6.10 Å². The molecule has 0 radical (unpaired) electrons. The third-order valence-electron chi connectivity index (χ3n) is 3.54. The van der Waals surface area contributed by atoms with Crippen LogP contribution >= 0.6 is 27.5 Å². The smallest absolute Gasteiger partial charge is 0.0715 e. The summed E-state index contributed by atoms with van der Waals surface area (Å²) in [7, 11) is 0. The van der Waals surface area contributed by atoms with E-state index in [1.807, 2.05) is 18.2 Å². The molecule has 1 aliphatic carbocycles. The van der Waals surface area contributed by atoms with Crippen molar-refractivity contribution in [2.45, 2.75) is 38.2 Å². The van der Waals surface area contributed by atoms with Crippen molar-refractivity contribution >= 4 is 33.2 Å². The molecule has 0 heterocycles. The van der Waals surface area contributed by atoms with Crippen molar-refractivity contribution in [3.8, 4) is 0 Å². The number of hydrogen-bond donors (Lipinski definition) is 2. The van der Waals surface area contributed by atoms with Crippen LogP contribution < -0.4 is 5.32 Å². The second-order valence-electron chi connectivity index (χ2n) is 5.05. The number of rotatable bonds is 5. The molecule has 1 saturated carbocycles. The summed E-state index contributed by atoms with van der Waals surface area (Å²) >= 11 is 9.32. The molecule has 1 aromatic rings. The van der Waals surface area contributed by atoms with Crippen LogP contribution in [0.4, 0.5) is 5.69 Å². The molecule has 1 atom stereocenters. The van der Waals surface area contributed by atoms with Crippen LogP contribution in [0.25, 0.3) is 0 Å². The first-order valence-electron chi connectivity index (χ1n) is 6.52. The zero-order chi connectivity index (χ0) is 13.0. The zero-order valence-corrected chi connectivity index (χ0v) is 12.7. The summed E-state index contributed by atoms with van der Waals surface area (Å²) in [4.78, 5) is 0. The number of hydrogen-bond acceptors (Lipinski definition) is 2. The highest BCUT2D eigenvalue weighted by Gasteiger charge is 2.18. The number of anilines is 1. The number of aliphatic hydroxyl groups excluding tert-OH is 1. The Morgan fingerprint density at radius 2 is 2.11 bits per heavy atom. The van der Waals surface area contributed by atoms with E-state index in [1.165, 1.54) is 25.7 Å². The van der Waals surface area contributed by atoms with E-state index in [0.717, 1.165) is 22.5 Å². The van der Waals surface area contributed by atoms with Gasteiger partial charge in [-0.15, -0.1) is 0 Å². The lowest BCUT2D eigenvalue weighted by atomic mass is 10.00. The average Bonchev–Trinajstić information content (AvgIpc) is 2.83. The Balaban J connectivity index is 1.77. The molecule has 1 fully saturated rings. The average molecular weight is 333 g/mol. The topological polar surface area (TPSA) is 32.3 Å². The molecule has 1 unspecified atom stereocenters. The highest BCUT2D eigenvalue weighted by molar-refractivity contribution is 9.10. The second-order valence-corrected chi connectivity index (χ2v) is 6.31. The number of halogens is 2. The van der Waals surface area contributed by atoms with Gasteiger partial charge < -0.3 is 10.4 Å². The highest BCUT2D eigenvalue weighted by Crippen LogP contribution is 2.29. The van der Waals surface area contributed by atoms with Gasteiger partial charge in [-0.3, -0.25) is 0 Å². The predicted octanol–water partition coefficient (Wildman–Crippen LogP) is 4.46. The van der Waals surface area contributed by atoms with Crippen molar-refractivity contribution in [2.24, 2.45) is 5.92 Å². The van der Waals surface area contributed by atoms with Crippen LogP contribution in [-0.4, -0.2) is 17.8 Å². The molecule has 2 rings (SSSR count). The molecule has 0 spiro atoms. The summed E-state index contributed by atoms with van der Waals surface area (Å²) < 4.78 is 0.874. The van der Waals surface area contributed by atoms with E-state index in [1.54, 1.807) is 0 Å². The van der Waals surface area contributed by atoms with Crippen LogP contribution in [0.15, 0.2) is 22.7 Å². The molecular weight excluding hydrogens is 314 g/mol. The number of nitrogens with one attached hydrogen (secondary N) is 1. The van der Waals surface area contributed by atoms with E-state index in [2.05, 4.69) is 21.2 Å². The predicted molar refractivity (Wildman–Crippen MR) is 80.2 cm³/mol.